The molecule has 0 aliphatic carbocycles. The third kappa shape index (κ3) is 3.22. The fraction of sp³-hybridized carbons (Fsp3) is 0.368. The number of aliphatic hydroxyl groups is 1. The van der Waals surface area contributed by atoms with Crippen molar-refractivity contribution in [3.8, 4) is 11.1 Å². The Bertz CT molecular complexity index is 641. The molecule has 0 unspecified atom stereocenters. The van der Waals surface area contributed by atoms with Gasteiger partial charge in [0, 0.05) is 6.54 Å². The minimum Gasteiger partial charge on any atom is -0.389 e. The third-order valence-electron chi connectivity index (χ3n) is 4.40. The molecule has 116 valence electrons. The van der Waals surface area contributed by atoms with Crippen LogP contribution in [0.1, 0.15) is 11.1 Å². The van der Waals surface area contributed by atoms with Crippen LogP contribution in [0.15, 0.2) is 48.5 Å². The number of aliphatic hydroxyl groups excluding tert-OH is 1. The van der Waals surface area contributed by atoms with Gasteiger partial charge in [0.05, 0.1) is 25.4 Å². The smallest absolute Gasteiger partial charge is 0.0950 e. The van der Waals surface area contributed by atoms with Gasteiger partial charge < -0.3 is 9.84 Å². The molecule has 1 fully saturated rings. The van der Waals surface area contributed by atoms with Gasteiger partial charge in [0.2, 0.25) is 0 Å². The molecule has 3 nitrogen and oxygen atoms in total. The number of ether oxygens (including phenoxy) is 1. The van der Waals surface area contributed by atoms with Crippen molar-refractivity contribution in [3.05, 3.63) is 59.7 Å². The first-order valence-electron chi connectivity index (χ1n) is 7.76. The highest BCUT2D eigenvalue weighted by Crippen LogP contribution is 2.24. The van der Waals surface area contributed by atoms with Crippen LogP contribution in [-0.2, 0) is 11.3 Å². The molecule has 0 radical (unpaired) electrons. The second kappa shape index (κ2) is 6.61. The van der Waals surface area contributed by atoms with Crippen molar-refractivity contribution in [3.63, 3.8) is 0 Å². The van der Waals surface area contributed by atoms with Crippen LogP contribution in [0, 0.1) is 6.92 Å². The molecule has 0 saturated carbocycles. The summed E-state index contributed by atoms with van der Waals surface area (Å²) in [4.78, 5) is 2.18. The Hall–Kier alpha value is -1.68. The van der Waals surface area contributed by atoms with Crippen LogP contribution in [0.25, 0.3) is 11.1 Å². The minimum absolute atomic E-state index is 0.0853. The second-order valence-electron chi connectivity index (χ2n) is 6.10. The molecule has 3 heteroatoms. The standard InChI is InChI=1S/C19H23NO2/c1-14-6-3-4-9-17(14)16-8-5-7-15(10-16)11-20(2)18-12-22-13-19(18)21/h3-10,18-19,21H,11-13H2,1-2H3/t18-,19-/m0/s1. The van der Waals surface area contributed by atoms with Crippen molar-refractivity contribution < 1.29 is 9.84 Å². The average Bonchev–Trinajstić information content (AvgIpc) is 2.94. The van der Waals surface area contributed by atoms with Gasteiger partial charge in [-0.15, -0.1) is 0 Å². The zero-order valence-corrected chi connectivity index (χ0v) is 13.2. The summed E-state index contributed by atoms with van der Waals surface area (Å²) in [6.07, 6.45) is -0.385. The van der Waals surface area contributed by atoms with Crippen molar-refractivity contribution >= 4 is 0 Å². The summed E-state index contributed by atoms with van der Waals surface area (Å²) in [5, 5.41) is 9.94. The molecule has 1 N–H and O–H groups in total. The molecular weight excluding hydrogens is 274 g/mol. The van der Waals surface area contributed by atoms with Gasteiger partial charge in [0.15, 0.2) is 0 Å². The van der Waals surface area contributed by atoms with Gasteiger partial charge in [-0.25, -0.2) is 0 Å². The minimum atomic E-state index is -0.385. The van der Waals surface area contributed by atoms with Crippen LogP contribution < -0.4 is 0 Å². The van der Waals surface area contributed by atoms with Crippen molar-refractivity contribution in [2.45, 2.75) is 25.6 Å². The molecule has 1 aliphatic heterocycles. The van der Waals surface area contributed by atoms with E-state index in [1.165, 1.54) is 22.3 Å². The summed E-state index contributed by atoms with van der Waals surface area (Å²) in [5.74, 6) is 0. The molecule has 0 spiro atoms. The summed E-state index contributed by atoms with van der Waals surface area (Å²) in [7, 11) is 2.04. The summed E-state index contributed by atoms with van der Waals surface area (Å²) in [6, 6.07) is 17.2. The molecule has 2 aromatic carbocycles. The number of likely N-dealkylation sites (N-methyl/N-ethyl adjacent to an activating group) is 1. The van der Waals surface area contributed by atoms with Crippen LogP contribution in [0.3, 0.4) is 0 Å². The third-order valence-corrected chi connectivity index (χ3v) is 4.40. The van der Waals surface area contributed by atoms with Crippen molar-refractivity contribution in [2.75, 3.05) is 20.3 Å². The molecule has 22 heavy (non-hydrogen) atoms. The number of hydrogen-bond donors (Lipinski definition) is 1. The first-order valence-corrected chi connectivity index (χ1v) is 7.76. The molecule has 0 amide bonds. The van der Waals surface area contributed by atoms with Crippen LogP contribution in [0.2, 0.25) is 0 Å². The summed E-state index contributed by atoms with van der Waals surface area (Å²) in [6.45, 7) is 4.00. The molecule has 1 aliphatic rings. The molecule has 1 heterocycles. The molecule has 0 aromatic heterocycles. The highest BCUT2D eigenvalue weighted by Gasteiger charge is 2.29. The molecular formula is C19H23NO2. The quantitative estimate of drug-likeness (QED) is 0.942. The number of nitrogens with zero attached hydrogens (tertiary/aromatic N) is 1. The van der Waals surface area contributed by atoms with Crippen molar-refractivity contribution in [2.24, 2.45) is 0 Å². The summed E-state index contributed by atoms with van der Waals surface area (Å²) < 4.78 is 5.35. The number of aryl methyl sites for hydroxylation is 1. The van der Waals surface area contributed by atoms with Crippen LogP contribution in [-0.4, -0.2) is 42.4 Å². The zero-order valence-electron chi connectivity index (χ0n) is 13.2. The SMILES string of the molecule is Cc1ccccc1-c1cccc(CN(C)[C@H]2COC[C@@H]2O)c1. The van der Waals surface area contributed by atoms with Crippen LogP contribution >= 0.6 is 0 Å². The van der Waals surface area contributed by atoms with E-state index < -0.39 is 0 Å². The van der Waals surface area contributed by atoms with E-state index in [9.17, 15) is 5.11 Å². The van der Waals surface area contributed by atoms with Gasteiger partial charge >= 0.3 is 0 Å². The number of hydrogen-bond acceptors (Lipinski definition) is 3. The van der Waals surface area contributed by atoms with E-state index in [-0.39, 0.29) is 12.1 Å². The lowest BCUT2D eigenvalue weighted by atomic mass is 9.99. The van der Waals surface area contributed by atoms with E-state index in [2.05, 4.69) is 60.4 Å². The Morgan fingerprint density at radius 1 is 1.14 bits per heavy atom. The monoisotopic (exact) mass is 297 g/mol. The Labute approximate surface area is 132 Å². The molecule has 0 bridgehead atoms. The van der Waals surface area contributed by atoms with Crippen LogP contribution in [0.4, 0.5) is 0 Å². The topological polar surface area (TPSA) is 32.7 Å². The maximum absolute atomic E-state index is 9.94. The normalized spacial score (nSPS) is 21.5. The maximum atomic E-state index is 9.94. The van der Waals surface area contributed by atoms with Gasteiger partial charge in [-0.1, -0.05) is 42.5 Å². The lowest BCUT2D eigenvalue weighted by Gasteiger charge is -2.25. The largest absolute Gasteiger partial charge is 0.389 e. The fourth-order valence-electron chi connectivity index (χ4n) is 3.09. The predicted octanol–water partition coefficient (Wildman–Crippen LogP) is 2.85. The van der Waals surface area contributed by atoms with Gasteiger partial charge in [-0.2, -0.15) is 0 Å². The molecule has 1 saturated heterocycles. The maximum Gasteiger partial charge on any atom is 0.0950 e. The zero-order chi connectivity index (χ0) is 15.5. The van der Waals surface area contributed by atoms with E-state index >= 15 is 0 Å². The molecule has 2 atom stereocenters. The van der Waals surface area contributed by atoms with Crippen molar-refractivity contribution in [1.82, 2.24) is 4.90 Å². The lowest BCUT2D eigenvalue weighted by molar-refractivity contribution is 0.0925. The summed E-state index contributed by atoms with van der Waals surface area (Å²) in [5.41, 5.74) is 5.05. The first-order chi connectivity index (χ1) is 10.6. The fourth-order valence-corrected chi connectivity index (χ4v) is 3.09. The van der Waals surface area contributed by atoms with E-state index in [0.717, 1.165) is 6.54 Å². The molecule has 3 rings (SSSR count). The van der Waals surface area contributed by atoms with E-state index in [4.69, 9.17) is 4.74 Å². The van der Waals surface area contributed by atoms with Crippen molar-refractivity contribution in [1.29, 1.82) is 0 Å². The number of rotatable bonds is 4. The van der Waals surface area contributed by atoms with E-state index in [1.54, 1.807) is 0 Å². The Morgan fingerprint density at radius 3 is 2.68 bits per heavy atom. The van der Waals surface area contributed by atoms with E-state index in [0.29, 0.717) is 13.2 Å². The van der Waals surface area contributed by atoms with E-state index in [1.807, 2.05) is 7.05 Å². The lowest BCUT2D eigenvalue weighted by Crippen LogP contribution is -2.39. The predicted molar refractivity (Wildman–Crippen MR) is 88.7 cm³/mol. The van der Waals surface area contributed by atoms with Gasteiger partial charge in [0.1, 0.15) is 0 Å². The summed E-state index contributed by atoms with van der Waals surface area (Å²) >= 11 is 0. The Morgan fingerprint density at radius 2 is 1.95 bits per heavy atom. The average molecular weight is 297 g/mol. The van der Waals surface area contributed by atoms with Gasteiger partial charge in [-0.3, -0.25) is 4.90 Å². The second-order valence-corrected chi connectivity index (χ2v) is 6.10. The Balaban J connectivity index is 1.78. The number of benzene rings is 2. The molecule has 2 aromatic rings. The first kappa shape index (κ1) is 15.2. The Kier molecular flexibility index (Phi) is 4.57. The van der Waals surface area contributed by atoms with Gasteiger partial charge in [-0.05, 0) is 42.3 Å². The highest BCUT2D eigenvalue weighted by atomic mass is 16.5. The highest BCUT2D eigenvalue weighted by molar-refractivity contribution is 5.67. The van der Waals surface area contributed by atoms with Crippen LogP contribution in [0.5, 0.6) is 0 Å². The van der Waals surface area contributed by atoms with Gasteiger partial charge in [0.25, 0.3) is 0 Å².